The first-order chi connectivity index (χ1) is 12.1. The molecule has 0 radical (unpaired) electrons. The molecule has 0 amide bonds. The van der Waals surface area contributed by atoms with Crippen molar-refractivity contribution >= 4 is 23.1 Å². The first-order valence-corrected chi connectivity index (χ1v) is 9.35. The van der Waals surface area contributed by atoms with Gasteiger partial charge in [0.2, 0.25) is 0 Å². The van der Waals surface area contributed by atoms with Gasteiger partial charge in [-0.25, -0.2) is 0 Å². The lowest BCUT2D eigenvalue weighted by Crippen LogP contribution is -2.54. The summed E-state index contributed by atoms with van der Waals surface area (Å²) in [5.41, 5.74) is 8.11. The number of para-hydroxylation sites is 2. The van der Waals surface area contributed by atoms with Crippen LogP contribution in [0, 0.1) is 23.7 Å². The van der Waals surface area contributed by atoms with Gasteiger partial charge in [-0.15, -0.1) is 0 Å². The Morgan fingerprint density at radius 3 is 2.96 bits per heavy atom. The van der Waals surface area contributed by atoms with Gasteiger partial charge < -0.3 is 15.2 Å². The fourth-order valence-corrected chi connectivity index (χ4v) is 5.83. The first-order valence-electron chi connectivity index (χ1n) is 9.35. The number of benzene rings is 1. The highest BCUT2D eigenvalue weighted by atomic mass is 16.6. The zero-order chi connectivity index (χ0) is 17.2. The maximum atomic E-state index is 12.7. The number of esters is 1. The first kappa shape index (κ1) is 15.4. The molecule has 2 saturated heterocycles. The highest BCUT2D eigenvalue weighted by Gasteiger charge is 2.70. The van der Waals surface area contributed by atoms with E-state index >= 15 is 0 Å². The van der Waals surface area contributed by atoms with Gasteiger partial charge in [-0.3, -0.25) is 9.79 Å². The smallest absolute Gasteiger partial charge is 0.312 e. The Labute approximate surface area is 147 Å². The number of hydrogen-bond donors (Lipinski definition) is 1. The highest BCUT2D eigenvalue weighted by Crippen LogP contribution is 2.61. The topological polar surface area (TPSA) is 73.9 Å². The lowest BCUT2D eigenvalue weighted by molar-refractivity contribution is -0.150. The summed E-state index contributed by atoms with van der Waals surface area (Å²) in [6.45, 7) is 2.74. The zero-order valence-electron chi connectivity index (χ0n) is 14.5. The third-order valence-electron chi connectivity index (χ3n) is 6.91. The SMILES string of the molecule is C[C@H]1CC2CC[C@H]3OC(=O)C4[C@@H]1CC(=Nc1ccccc1N)CO[C@@]243. The van der Waals surface area contributed by atoms with Crippen LogP contribution in [0.15, 0.2) is 29.3 Å². The molecule has 2 aliphatic carbocycles. The van der Waals surface area contributed by atoms with Gasteiger partial charge in [0.15, 0.2) is 0 Å². The van der Waals surface area contributed by atoms with Crippen LogP contribution in [-0.4, -0.2) is 30.0 Å². The highest BCUT2D eigenvalue weighted by molar-refractivity contribution is 5.91. The number of nitrogens with zero attached hydrogens (tertiary/aromatic N) is 1. The van der Waals surface area contributed by atoms with Crippen molar-refractivity contribution in [2.45, 2.75) is 44.3 Å². The Hall–Kier alpha value is -1.88. The molecule has 4 aliphatic rings. The van der Waals surface area contributed by atoms with Crippen molar-refractivity contribution in [1.29, 1.82) is 0 Å². The van der Waals surface area contributed by atoms with E-state index in [0.29, 0.717) is 24.1 Å². The van der Waals surface area contributed by atoms with E-state index in [1.165, 1.54) is 0 Å². The number of carbonyl (C=O) groups is 1. The molecule has 2 bridgehead atoms. The van der Waals surface area contributed by atoms with E-state index in [2.05, 4.69) is 6.92 Å². The second-order valence-electron chi connectivity index (χ2n) is 8.14. The van der Waals surface area contributed by atoms with Crippen LogP contribution in [0.3, 0.4) is 0 Å². The fourth-order valence-electron chi connectivity index (χ4n) is 5.83. The number of nitrogens with two attached hydrogens (primary N) is 1. The average molecular weight is 340 g/mol. The molecule has 2 heterocycles. The molecule has 1 aromatic carbocycles. The second-order valence-corrected chi connectivity index (χ2v) is 8.14. The maximum Gasteiger partial charge on any atom is 0.312 e. The maximum absolute atomic E-state index is 12.7. The molecule has 5 nitrogen and oxygen atoms in total. The van der Waals surface area contributed by atoms with Gasteiger partial charge in [0.25, 0.3) is 0 Å². The molecule has 2 N–H and O–H groups in total. The Morgan fingerprint density at radius 2 is 2.12 bits per heavy atom. The minimum Gasteiger partial charge on any atom is -0.459 e. The predicted octanol–water partition coefficient (Wildman–Crippen LogP) is 3.11. The van der Waals surface area contributed by atoms with Crippen LogP contribution in [0.5, 0.6) is 0 Å². The van der Waals surface area contributed by atoms with Crippen molar-refractivity contribution in [1.82, 2.24) is 0 Å². The Balaban J connectivity index is 1.56. The summed E-state index contributed by atoms with van der Waals surface area (Å²) in [4.78, 5) is 17.5. The number of hydrogen-bond acceptors (Lipinski definition) is 5. The van der Waals surface area contributed by atoms with Gasteiger partial charge in [0.05, 0.1) is 23.9 Å². The van der Waals surface area contributed by atoms with Gasteiger partial charge in [-0.05, 0) is 55.6 Å². The quantitative estimate of drug-likeness (QED) is 0.630. The van der Waals surface area contributed by atoms with Gasteiger partial charge in [-0.1, -0.05) is 19.1 Å². The molecule has 5 rings (SSSR count). The van der Waals surface area contributed by atoms with Crippen molar-refractivity contribution in [2.24, 2.45) is 28.7 Å². The molecular formula is C20H24N2O3. The van der Waals surface area contributed by atoms with Crippen LogP contribution in [0.25, 0.3) is 0 Å². The van der Waals surface area contributed by atoms with Crippen LogP contribution >= 0.6 is 0 Å². The summed E-state index contributed by atoms with van der Waals surface area (Å²) in [7, 11) is 0. The van der Waals surface area contributed by atoms with Gasteiger partial charge in [0.1, 0.15) is 11.7 Å². The fraction of sp³-hybridized carbons (Fsp3) is 0.600. The van der Waals surface area contributed by atoms with Crippen molar-refractivity contribution < 1.29 is 14.3 Å². The lowest BCUT2D eigenvalue weighted by Gasteiger charge is -2.45. The minimum absolute atomic E-state index is 0.0493. The summed E-state index contributed by atoms with van der Waals surface area (Å²) in [5.74, 6) is 0.980. The van der Waals surface area contributed by atoms with E-state index in [1.54, 1.807) is 0 Å². The predicted molar refractivity (Wildman–Crippen MR) is 94.6 cm³/mol. The molecule has 6 atom stereocenters. The molecule has 2 saturated carbocycles. The van der Waals surface area contributed by atoms with E-state index in [0.717, 1.165) is 37.1 Å². The van der Waals surface area contributed by atoms with E-state index in [1.807, 2.05) is 24.3 Å². The van der Waals surface area contributed by atoms with Crippen LogP contribution in [0.1, 0.15) is 32.6 Å². The number of ether oxygens (including phenoxy) is 2. The number of carbonyl (C=O) groups excluding carboxylic acids is 1. The second kappa shape index (κ2) is 5.31. The third-order valence-corrected chi connectivity index (χ3v) is 6.91. The largest absolute Gasteiger partial charge is 0.459 e. The monoisotopic (exact) mass is 340 g/mol. The Bertz CT molecular complexity index is 761. The van der Waals surface area contributed by atoms with Crippen LogP contribution in [-0.2, 0) is 14.3 Å². The third kappa shape index (κ3) is 2.05. The molecule has 25 heavy (non-hydrogen) atoms. The summed E-state index contributed by atoms with van der Waals surface area (Å²) in [6.07, 6.45) is 3.88. The Morgan fingerprint density at radius 1 is 1.28 bits per heavy atom. The number of aliphatic imine (C=N–C) groups is 1. The summed E-state index contributed by atoms with van der Waals surface area (Å²) in [6, 6.07) is 7.65. The van der Waals surface area contributed by atoms with E-state index in [4.69, 9.17) is 20.2 Å². The van der Waals surface area contributed by atoms with Crippen LogP contribution in [0.4, 0.5) is 11.4 Å². The Kier molecular flexibility index (Phi) is 3.26. The molecule has 2 unspecified atom stereocenters. The van der Waals surface area contributed by atoms with Gasteiger partial charge in [-0.2, -0.15) is 0 Å². The normalized spacial score (nSPS) is 43.6. The van der Waals surface area contributed by atoms with Gasteiger partial charge in [0, 0.05) is 5.71 Å². The van der Waals surface area contributed by atoms with E-state index < -0.39 is 5.60 Å². The molecule has 2 aliphatic heterocycles. The van der Waals surface area contributed by atoms with Crippen molar-refractivity contribution in [3.8, 4) is 0 Å². The molecular weight excluding hydrogens is 316 g/mol. The van der Waals surface area contributed by atoms with Crippen molar-refractivity contribution in [3.63, 3.8) is 0 Å². The lowest BCUT2D eigenvalue weighted by atomic mass is 9.60. The number of nitrogen functional groups attached to an aromatic ring is 1. The zero-order valence-corrected chi connectivity index (χ0v) is 14.5. The van der Waals surface area contributed by atoms with Crippen LogP contribution < -0.4 is 5.73 Å². The molecule has 5 heteroatoms. The van der Waals surface area contributed by atoms with Crippen LogP contribution in [0.2, 0.25) is 0 Å². The minimum atomic E-state index is -0.409. The average Bonchev–Trinajstić information content (AvgIpc) is 3.01. The van der Waals surface area contributed by atoms with Gasteiger partial charge >= 0.3 is 5.97 Å². The summed E-state index contributed by atoms with van der Waals surface area (Å²) < 4.78 is 12.3. The molecule has 0 aromatic heterocycles. The van der Waals surface area contributed by atoms with Crippen molar-refractivity contribution in [3.05, 3.63) is 24.3 Å². The summed E-state index contributed by atoms with van der Waals surface area (Å²) >= 11 is 0. The van der Waals surface area contributed by atoms with E-state index in [9.17, 15) is 4.79 Å². The molecule has 132 valence electrons. The molecule has 1 aromatic rings. The molecule has 1 spiro atoms. The number of rotatable bonds is 1. The van der Waals surface area contributed by atoms with Crippen molar-refractivity contribution in [2.75, 3.05) is 12.3 Å². The number of anilines is 1. The van der Waals surface area contributed by atoms with E-state index in [-0.39, 0.29) is 23.9 Å². The standard InChI is InChI=1S/C20H24N2O3/c1-11-8-12-6-7-17-20(12)18(19(23)25-17)14(11)9-13(10-24-20)22-16-5-3-2-4-15(16)21/h2-5,11-12,14,17-18H,6-10,21H2,1H3/t11-,12?,14+,17+,18?,20+/m0/s1. The molecule has 4 fully saturated rings. The summed E-state index contributed by atoms with van der Waals surface area (Å²) in [5, 5.41) is 0.